The second kappa shape index (κ2) is 8.84. The number of pyridine rings is 2. The molecule has 3 aromatic heterocycles. The summed E-state index contributed by atoms with van der Waals surface area (Å²) >= 11 is 0. The lowest BCUT2D eigenvalue weighted by atomic mass is 9.55. The minimum Gasteiger partial charge on any atom is -0.437 e. The Morgan fingerprint density at radius 2 is 1.40 bits per heavy atom. The van der Waals surface area contributed by atoms with Crippen LogP contribution < -0.4 is 4.57 Å². The Kier molecular flexibility index (Phi) is 5.36. The molecule has 2 saturated carbocycles. The standard InChI is InChI=1S/C30H25F10N2O/c1-15-4-6-19-20-7-5-16(2)41-24(20)43-23(19)22(15)21-14-18(10-13-42(21)3)17-8-11-25(12-9-17)26(31,32)28(35,36)30(39,40)29(37,38)27(25,33)34/h4-7,10,13-14,17H,8-9,11-12H2,1-3H3/q+1/i2D3. The van der Waals surface area contributed by atoms with Crippen LogP contribution in [0.2, 0.25) is 0 Å². The summed E-state index contributed by atoms with van der Waals surface area (Å²) in [5.74, 6) is -33.6. The fraction of sp³-hybridized carbons (Fsp3) is 0.467. The highest BCUT2D eigenvalue weighted by atomic mass is 19.4. The number of hydrogen-bond acceptors (Lipinski definition) is 2. The van der Waals surface area contributed by atoms with Crippen LogP contribution in [0.25, 0.3) is 33.3 Å². The molecule has 2 aliphatic rings. The molecule has 3 heterocycles. The summed E-state index contributed by atoms with van der Waals surface area (Å²) in [5, 5.41) is 1.11. The molecule has 1 aromatic carbocycles. The van der Waals surface area contributed by atoms with E-state index in [2.05, 4.69) is 4.98 Å². The van der Waals surface area contributed by atoms with E-state index < -0.39 is 73.5 Å². The van der Waals surface area contributed by atoms with E-state index in [-0.39, 0.29) is 11.4 Å². The molecule has 43 heavy (non-hydrogen) atoms. The van der Waals surface area contributed by atoms with Gasteiger partial charge in [-0.05, 0) is 68.6 Å². The van der Waals surface area contributed by atoms with E-state index in [1.54, 1.807) is 49.0 Å². The topological polar surface area (TPSA) is 29.9 Å². The number of hydrogen-bond donors (Lipinski definition) is 0. The van der Waals surface area contributed by atoms with Crippen LogP contribution in [0.4, 0.5) is 43.9 Å². The van der Waals surface area contributed by atoms with Gasteiger partial charge < -0.3 is 4.42 Å². The number of aryl methyl sites for hydroxylation is 3. The molecule has 1 spiro atoms. The first-order valence-corrected chi connectivity index (χ1v) is 13.3. The molecule has 0 saturated heterocycles. The molecule has 4 aromatic rings. The van der Waals surface area contributed by atoms with Crippen LogP contribution in [0.3, 0.4) is 0 Å². The van der Waals surface area contributed by atoms with Crippen molar-refractivity contribution in [1.29, 1.82) is 0 Å². The molecule has 6 rings (SSSR count). The van der Waals surface area contributed by atoms with E-state index in [9.17, 15) is 26.3 Å². The van der Waals surface area contributed by atoms with Gasteiger partial charge in [0.15, 0.2) is 11.8 Å². The summed E-state index contributed by atoms with van der Waals surface area (Å²) in [6.45, 7) is -0.743. The van der Waals surface area contributed by atoms with E-state index in [1.807, 2.05) is 0 Å². The number of furan rings is 1. The Bertz CT molecular complexity index is 1850. The van der Waals surface area contributed by atoms with Gasteiger partial charge in [-0.2, -0.15) is 43.9 Å². The van der Waals surface area contributed by atoms with Crippen LogP contribution in [0, 0.1) is 19.2 Å². The van der Waals surface area contributed by atoms with Crippen molar-refractivity contribution >= 4 is 22.1 Å². The first-order valence-electron chi connectivity index (χ1n) is 14.8. The number of aromatic nitrogens is 2. The third kappa shape index (κ3) is 3.50. The summed E-state index contributed by atoms with van der Waals surface area (Å²) < 4.78 is 176. The van der Waals surface area contributed by atoms with Gasteiger partial charge in [0.2, 0.25) is 11.4 Å². The average Bonchev–Trinajstić information content (AvgIpc) is 3.34. The smallest absolute Gasteiger partial charge is 0.384 e. The van der Waals surface area contributed by atoms with Crippen molar-refractivity contribution in [1.82, 2.24) is 4.98 Å². The third-order valence-corrected chi connectivity index (χ3v) is 9.24. The monoisotopic (exact) mass is 622 g/mol. The van der Waals surface area contributed by atoms with E-state index in [1.165, 1.54) is 12.1 Å². The predicted molar refractivity (Wildman–Crippen MR) is 136 cm³/mol. The number of alkyl halides is 10. The Hall–Kier alpha value is -3.38. The van der Waals surface area contributed by atoms with Crippen molar-refractivity contribution in [3.63, 3.8) is 0 Å². The Morgan fingerprint density at radius 3 is 2.00 bits per heavy atom. The van der Waals surface area contributed by atoms with Crippen LogP contribution in [0.15, 0.2) is 47.0 Å². The maximum atomic E-state index is 15.0. The minimum absolute atomic E-state index is 0.0559. The minimum atomic E-state index is -6.99. The van der Waals surface area contributed by atoms with Gasteiger partial charge in [0.1, 0.15) is 12.5 Å². The van der Waals surface area contributed by atoms with Crippen molar-refractivity contribution in [2.75, 3.05) is 0 Å². The van der Waals surface area contributed by atoms with E-state index >= 15 is 17.6 Å². The fourth-order valence-corrected chi connectivity index (χ4v) is 6.69. The summed E-state index contributed by atoms with van der Waals surface area (Å²) in [7, 11) is 1.66. The lowest BCUT2D eigenvalue weighted by Crippen LogP contribution is -2.82. The largest absolute Gasteiger partial charge is 0.437 e. The molecule has 0 N–H and O–H groups in total. The van der Waals surface area contributed by atoms with Gasteiger partial charge in [-0.3, -0.25) is 0 Å². The number of fused-ring (bicyclic) bond motifs is 3. The van der Waals surface area contributed by atoms with Crippen molar-refractivity contribution in [2.24, 2.45) is 12.5 Å². The zero-order valence-corrected chi connectivity index (χ0v) is 22.5. The van der Waals surface area contributed by atoms with Gasteiger partial charge in [-0.1, -0.05) is 12.1 Å². The molecule has 0 bridgehead atoms. The number of nitrogens with zero attached hydrogens (tertiary/aromatic N) is 2. The van der Waals surface area contributed by atoms with Gasteiger partial charge in [-0.25, -0.2) is 9.55 Å². The molecule has 13 heteroatoms. The normalized spacial score (nSPS) is 25.0. The van der Waals surface area contributed by atoms with E-state index in [0.717, 1.165) is 0 Å². The zero-order chi connectivity index (χ0) is 34.0. The lowest BCUT2D eigenvalue weighted by Gasteiger charge is -2.58. The molecule has 230 valence electrons. The maximum Gasteiger partial charge on any atom is 0.384 e. The third-order valence-electron chi connectivity index (χ3n) is 9.24. The zero-order valence-electron chi connectivity index (χ0n) is 25.5. The highest BCUT2D eigenvalue weighted by molar-refractivity contribution is 6.08. The summed E-state index contributed by atoms with van der Waals surface area (Å²) in [6, 6.07) is 9.55. The number of benzene rings is 1. The molecule has 2 fully saturated rings. The van der Waals surface area contributed by atoms with Crippen LogP contribution >= 0.6 is 0 Å². The SMILES string of the molecule is [2H]C([2H])([2H])c1ccc2c(n1)oc1c(-c3cc(C4CCC5(CC4)C(F)(F)C(F)(F)C(F)(F)C(F)(F)C5(F)F)cc[n+]3C)c(C)ccc12. The first kappa shape index (κ1) is 26.1. The summed E-state index contributed by atoms with van der Waals surface area (Å²) in [4.78, 5) is 4.14. The lowest BCUT2D eigenvalue weighted by molar-refractivity contribution is -0.660. The highest BCUT2D eigenvalue weighted by Crippen LogP contribution is 2.75. The Labute approximate surface area is 242 Å². The van der Waals surface area contributed by atoms with Gasteiger partial charge in [-0.15, -0.1) is 0 Å². The quantitative estimate of drug-likeness (QED) is 0.165. The van der Waals surface area contributed by atoms with Crippen LogP contribution in [0.1, 0.15) is 52.5 Å². The molecular weight excluding hydrogens is 594 g/mol. The van der Waals surface area contributed by atoms with Crippen molar-refractivity contribution in [3.8, 4) is 11.3 Å². The molecule has 0 unspecified atom stereocenters. The molecule has 3 nitrogen and oxygen atoms in total. The first-order chi connectivity index (χ1) is 21.0. The second-order valence-corrected chi connectivity index (χ2v) is 11.5. The van der Waals surface area contributed by atoms with Crippen LogP contribution in [-0.2, 0) is 7.05 Å². The maximum absolute atomic E-state index is 15.0. The van der Waals surface area contributed by atoms with Gasteiger partial charge in [0, 0.05) is 32.7 Å². The Balaban J connectivity index is 1.40. The number of halogens is 10. The van der Waals surface area contributed by atoms with Crippen LogP contribution in [-0.4, -0.2) is 34.6 Å². The number of rotatable bonds is 2. The molecular formula is C30H25F10N2O+. The average molecular weight is 623 g/mol. The van der Waals surface area contributed by atoms with Gasteiger partial charge >= 0.3 is 29.6 Å². The van der Waals surface area contributed by atoms with Crippen molar-refractivity contribution in [2.45, 2.75) is 75.0 Å². The summed E-state index contributed by atoms with van der Waals surface area (Å²) in [6.07, 6.45) is -2.94. The van der Waals surface area contributed by atoms with Crippen molar-refractivity contribution in [3.05, 3.63) is 59.4 Å². The molecule has 2 aliphatic carbocycles. The Morgan fingerprint density at radius 1 is 0.814 bits per heavy atom. The molecule has 0 amide bonds. The summed E-state index contributed by atoms with van der Waals surface area (Å²) in [5.41, 5.74) is -2.16. The van der Waals surface area contributed by atoms with E-state index in [0.29, 0.717) is 38.7 Å². The highest BCUT2D eigenvalue weighted by Gasteiger charge is 2.99. The predicted octanol–water partition coefficient (Wildman–Crippen LogP) is 8.92. The van der Waals surface area contributed by atoms with E-state index in [4.69, 9.17) is 8.53 Å². The molecule has 0 atom stereocenters. The fourth-order valence-electron chi connectivity index (χ4n) is 6.69. The van der Waals surface area contributed by atoms with Crippen molar-refractivity contribution < 1.29 is 57.0 Å². The molecule has 0 aliphatic heterocycles. The molecule has 0 radical (unpaired) electrons. The van der Waals surface area contributed by atoms with Gasteiger partial charge in [0.25, 0.3) is 0 Å². The van der Waals surface area contributed by atoms with Crippen LogP contribution in [0.5, 0.6) is 0 Å². The second-order valence-electron chi connectivity index (χ2n) is 11.5. The van der Waals surface area contributed by atoms with Gasteiger partial charge in [0.05, 0.1) is 5.56 Å².